The van der Waals surface area contributed by atoms with E-state index in [1.807, 2.05) is 12.1 Å². The maximum absolute atomic E-state index is 15.5. The Morgan fingerprint density at radius 1 is 1.09 bits per heavy atom. The number of alkyl halides is 1. The highest BCUT2D eigenvalue weighted by Gasteiger charge is 2.40. The predicted octanol–water partition coefficient (Wildman–Crippen LogP) is 3.21. The summed E-state index contributed by atoms with van der Waals surface area (Å²) in [6.45, 7) is 0.971. The quantitative estimate of drug-likeness (QED) is 0.425. The molecule has 2 aromatic carbocycles. The van der Waals surface area contributed by atoms with Crippen molar-refractivity contribution in [2.75, 3.05) is 39.7 Å². The molecule has 4 aromatic rings. The summed E-state index contributed by atoms with van der Waals surface area (Å²) in [4.78, 5) is 9.09. The molecule has 0 radical (unpaired) electrons. The summed E-state index contributed by atoms with van der Waals surface area (Å²) < 4.78 is 47.2. The second-order valence-corrected chi connectivity index (χ2v) is 8.03. The first-order valence-corrected chi connectivity index (χ1v) is 10.7. The van der Waals surface area contributed by atoms with Gasteiger partial charge < -0.3 is 24.8 Å². The van der Waals surface area contributed by atoms with Gasteiger partial charge >= 0.3 is 0 Å². The molecule has 0 spiro atoms. The van der Waals surface area contributed by atoms with Crippen molar-refractivity contribution in [3.63, 3.8) is 0 Å². The summed E-state index contributed by atoms with van der Waals surface area (Å²) in [6, 6.07) is 8.24. The first-order valence-electron chi connectivity index (χ1n) is 10.7. The smallest absolute Gasteiger partial charge is 0.226 e. The third kappa shape index (κ3) is 3.71. The highest BCUT2D eigenvalue weighted by atomic mass is 19.1. The van der Waals surface area contributed by atoms with Gasteiger partial charge in [-0.25, -0.2) is 18.7 Å². The van der Waals surface area contributed by atoms with Gasteiger partial charge in [0.15, 0.2) is 28.7 Å². The van der Waals surface area contributed by atoms with Gasteiger partial charge in [-0.15, -0.1) is 5.10 Å². The average Bonchev–Trinajstić information content (AvgIpc) is 3.50. The lowest BCUT2D eigenvalue weighted by molar-refractivity contribution is 0.180. The molecule has 2 N–H and O–H groups in total. The number of fused-ring (bicyclic) bond motifs is 3. The van der Waals surface area contributed by atoms with E-state index in [1.165, 1.54) is 23.8 Å². The average molecular weight is 470 g/mol. The van der Waals surface area contributed by atoms with Crippen molar-refractivity contribution in [1.82, 2.24) is 24.9 Å². The van der Waals surface area contributed by atoms with Crippen molar-refractivity contribution in [3.05, 3.63) is 47.5 Å². The SMILES string of the molecule is COc1ccc(CNc2nc3cc(OC)c(F)cc3c3nc(C4(F)CCNC4)nn23)c(OC)c1. The summed E-state index contributed by atoms with van der Waals surface area (Å²) in [5.74, 6) is 1.14. The molecule has 5 rings (SSSR count). The molecule has 9 nitrogen and oxygen atoms in total. The first-order chi connectivity index (χ1) is 16.5. The zero-order valence-corrected chi connectivity index (χ0v) is 19.0. The topological polar surface area (TPSA) is 94.8 Å². The van der Waals surface area contributed by atoms with E-state index in [9.17, 15) is 4.39 Å². The summed E-state index contributed by atoms with van der Waals surface area (Å²) in [5.41, 5.74) is -0.127. The van der Waals surface area contributed by atoms with Gasteiger partial charge in [-0.3, -0.25) is 0 Å². The summed E-state index contributed by atoms with van der Waals surface area (Å²) in [5, 5.41) is 11.1. The molecule has 34 heavy (non-hydrogen) atoms. The number of nitrogens with one attached hydrogen (secondary N) is 2. The zero-order valence-electron chi connectivity index (χ0n) is 19.0. The number of benzene rings is 2. The molecule has 0 bridgehead atoms. The molecule has 1 unspecified atom stereocenters. The van der Waals surface area contributed by atoms with Crippen LogP contribution >= 0.6 is 0 Å². The third-order valence-corrected chi connectivity index (χ3v) is 5.98. The number of hydrogen-bond donors (Lipinski definition) is 2. The lowest BCUT2D eigenvalue weighted by atomic mass is 10.1. The van der Waals surface area contributed by atoms with E-state index in [0.29, 0.717) is 47.1 Å². The van der Waals surface area contributed by atoms with Crippen molar-refractivity contribution in [1.29, 1.82) is 0 Å². The van der Waals surface area contributed by atoms with E-state index in [1.54, 1.807) is 20.3 Å². The maximum atomic E-state index is 15.5. The van der Waals surface area contributed by atoms with Crippen LogP contribution in [0.5, 0.6) is 17.2 Å². The normalized spacial score (nSPS) is 17.9. The number of methoxy groups -OCH3 is 3. The molecule has 1 fully saturated rings. The molecule has 1 saturated heterocycles. The molecule has 178 valence electrons. The second kappa shape index (κ2) is 8.56. The van der Waals surface area contributed by atoms with Crippen LogP contribution in [0.15, 0.2) is 30.3 Å². The monoisotopic (exact) mass is 470 g/mol. The Labute approximate surface area is 194 Å². The van der Waals surface area contributed by atoms with Crippen LogP contribution in [0.25, 0.3) is 16.6 Å². The molecule has 0 amide bonds. The number of anilines is 1. The van der Waals surface area contributed by atoms with Gasteiger partial charge in [0.1, 0.15) is 11.5 Å². The van der Waals surface area contributed by atoms with E-state index in [0.717, 1.165) is 5.56 Å². The minimum absolute atomic E-state index is 0.0353. The van der Waals surface area contributed by atoms with Crippen molar-refractivity contribution in [2.24, 2.45) is 0 Å². The third-order valence-electron chi connectivity index (χ3n) is 5.98. The predicted molar refractivity (Wildman–Crippen MR) is 122 cm³/mol. The Bertz CT molecular complexity index is 1370. The molecule has 2 aromatic heterocycles. The van der Waals surface area contributed by atoms with Crippen LogP contribution in [0.3, 0.4) is 0 Å². The number of hydrogen-bond acceptors (Lipinski definition) is 8. The van der Waals surface area contributed by atoms with Gasteiger partial charge in [0.2, 0.25) is 5.95 Å². The molecular formula is C23H24F2N6O3. The molecule has 1 atom stereocenters. The fourth-order valence-electron chi connectivity index (χ4n) is 4.09. The van der Waals surface area contributed by atoms with Gasteiger partial charge in [-0.1, -0.05) is 0 Å². The van der Waals surface area contributed by atoms with Crippen molar-refractivity contribution in [2.45, 2.75) is 18.6 Å². The van der Waals surface area contributed by atoms with E-state index in [4.69, 9.17) is 14.2 Å². The van der Waals surface area contributed by atoms with Gasteiger partial charge in [0.05, 0.1) is 26.8 Å². The Hall–Kier alpha value is -3.73. The largest absolute Gasteiger partial charge is 0.497 e. The van der Waals surface area contributed by atoms with Gasteiger partial charge in [-0.2, -0.15) is 4.52 Å². The van der Waals surface area contributed by atoms with Crippen LogP contribution in [0, 0.1) is 5.82 Å². The standard InChI is InChI=1S/C23H24F2N6O3/c1-32-14-5-4-13(18(8-14)33-2)11-27-22-28-17-10-19(34-3)16(24)9-15(17)20-29-21(30-31(20)22)23(25)6-7-26-12-23/h4-5,8-10,26H,6-7,11-12H2,1-3H3,(H,27,28). The Kier molecular flexibility index (Phi) is 5.56. The molecule has 0 aliphatic carbocycles. The summed E-state index contributed by atoms with van der Waals surface area (Å²) in [6.07, 6.45) is 0.253. The molecule has 1 aliphatic heterocycles. The van der Waals surface area contributed by atoms with Crippen LogP contribution in [0.2, 0.25) is 0 Å². The first kappa shape index (κ1) is 22.1. The molecule has 1 aliphatic rings. The minimum atomic E-state index is -1.71. The zero-order chi connectivity index (χ0) is 23.9. The van der Waals surface area contributed by atoms with E-state index in [2.05, 4.69) is 25.7 Å². The molecular weight excluding hydrogens is 446 g/mol. The molecule has 0 saturated carbocycles. The van der Waals surface area contributed by atoms with Gasteiger partial charge in [0, 0.05) is 42.6 Å². The highest BCUT2D eigenvalue weighted by molar-refractivity contribution is 5.93. The van der Waals surface area contributed by atoms with Gasteiger partial charge in [-0.05, 0) is 24.7 Å². The lowest BCUT2D eigenvalue weighted by Crippen LogP contribution is -2.25. The second-order valence-electron chi connectivity index (χ2n) is 8.03. The summed E-state index contributed by atoms with van der Waals surface area (Å²) >= 11 is 0. The van der Waals surface area contributed by atoms with Crippen LogP contribution in [-0.2, 0) is 12.2 Å². The van der Waals surface area contributed by atoms with Crippen molar-refractivity contribution >= 4 is 22.5 Å². The van der Waals surface area contributed by atoms with E-state index in [-0.39, 0.29) is 24.5 Å². The summed E-state index contributed by atoms with van der Waals surface area (Å²) in [7, 11) is 4.54. The molecule has 3 heterocycles. The lowest BCUT2D eigenvalue weighted by Gasteiger charge is -2.13. The number of nitrogens with zero attached hydrogens (tertiary/aromatic N) is 4. The number of ether oxygens (including phenoxy) is 3. The fraction of sp³-hybridized carbons (Fsp3) is 0.348. The fourth-order valence-corrected chi connectivity index (χ4v) is 4.09. The van der Waals surface area contributed by atoms with Crippen LogP contribution in [0.4, 0.5) is 14.7 Å². The Morgan fingerprint density at radius 3 is 2.62 bits per heavy atom. The minimum Gasteiger partial charge on any atom is -0.497 e. The van der Waals surface area contributed by atoms with Crippen molar-refractivity contribution < 1.29 is 23.0 Å². The van der Waals surface area contributed by atoms with Gasteiger partial charge in [0.25, 0.3) is 0 Å². The Balaban J connectivity index is 1.62. The number of aromatic nitrogens is 4. The number of rotatable bonds is 7. The van der Waals surface area contributed by atoms with Crippen LogP contribution in [-0.4, -0.2) is 54.0 Å². The number of halogens is 2. The highest BCUT2D eigenvalue weighted by Crippen LogP contribution is 2.33. The molecule has 11 heteroatoms. The van der Waals surface area contributed by atoms with E-state index >= 15 is 4.39 Å². The Morgan fingerprint density at radius 2 is 1.91 bits per heavy atom. The van der Waals surface area contributed by atoms with Crippen LogP contribution < -0.4 is 24.8 Å². The van der Waals surface area contributed by atoms with E-state index < -0.39 is 11.5 Å². The maximum Gasteiger partial charge on any atom is 0.226 e. The van der Waals surface area contributed by atoms with Crippen molar-refractivity contribution in [3.8, 4) is 17.2 Å². The van der Waals surface area contributed by atoms with Crippen LogP contribution in [0.1, 0.15) is 17.8 Å².